The highest BCUT2D eigenvalue weighted by Gasteiger charge is 2.48. The van der Waals surface area contributed by atoms with Crippen molar-refractivity contribution >= 4 is 5.97 Å². The van der Waals surface area contributed by atoms with Crippen molar-refractivity contribution in [3.63, 3.8) is 0 Å². The van der Waals surface area contributed by atoms with Crippen molar-refractivity contribution in [3.8, 4) is 5.75 Å². The van der Waals surface area contributed by atoms with E-state index in [0.717, 1.165) is 6.07 Å². The van der Waals surface area contributed by atoms with Gasteiger partial charge in [0, 0.05) is 5.41 Å². The molecule has 0 bridgehead atoms. The van der Waals surface area contributed by atoms with Crippen molar-refractivity contribution in [1.82, 2.24) is 0 Å². The second-order valence-electron chi connectivity index (χ2n) is 4.29. The van der Waals surface area contributed by atoms with Crippen LogP contribution in [0.25, 0.3) is 0 Å². The average molecular weight is 242 g/mol. The zero-order valence-corrected chi connectivity index (χ0v) is 9.30. The van der Waals surface area contributed by atoms with E-state index in [9.17, 15) is 13.6 Å². The largest absolute Gasteiger partial charge is 0.491 e. The van der Waals surface area contributed by atoms with Crippen LogP contribution in [0.2, 0.25) is 0 Å². The van der Waals surface area contributed by atoms with E-state index in [1.807, 2.05) is 0 Å². The number of carboxylic acids is 1. The van der Waals surface area contributed by atoms with Crippen LogP contribution in [0, 0.1) is 11.6 Å². The molecule has 1 aromatic carbocycles. The molecule has 0 unspecified atom stereocenters. The van der Waals surface area contributed by atoms with Gasteiger partial charge in [0.2, 0.25) is 0 Å². The Morgan fingerprint density at radius 2 is 2.12 bits per heavy atom. The van der Waals surface area contributed by atoms with Gasteiger partial charge < -0.3 is 9.84 Å². The fraction of sp³-hybridized carbons (Fsp3) is 0.417. The van der Waals surface area contributed by atoms with Crippen LogP contribution in [0.5, 0.6) is 5.75 Å². The van der Waals surface area contributed by atoms with Crippen LogP contribution in [0.15, 0.2) is 12.1 Å². The van der Waals surface area contributed by atoms with Crippen LogP contribution in [-0.4, -0.2) is 18.2 Å². The van der Waals surface area contributed by atoms with E-state index in [-0.39, 0.29) is 12.0 Å². The highest BCUT2D eigenvalue weighted by atomic mass is 19.1. The van der Waals surface area contributed by atoms with E-state index in [4.69, 9.17) is 5.11 Å². The Morgan fingerprint density at radius 1 is 1.47 bits per heavy atom. The zero-order valence-electron chi connectivity index (χ0n) is 9.30. The van der Waals surface area contributed by atoms with Gasteiger partial charge >= 0.3 is 5.97 Å². The standard InChI is InChI=1S/C12H12F2O3/c1-17-11-8(13)3-2-7(10(11)14)12(4-5-12)6-9(15)16/h2-3H,4-6H2,1H3,(H,15,16). The van der Waals surface area contributed by atoms with Gasteiger partial charge in [-0.1, -0.05) is 6.07 Å². The molecule has 0 radical (unpaired) electrons. The molecule has 2 rings (SSSR count). The van der Waals surface area contributed by atoms with Gasteiger partial charge in [-0.25, -0.2) is 8.78 Å². The summed E-state index contributed by atoms with van der Waals surface area (Å²) in [6.45, 7) is 0. The molecule has 17 heavy (non-hydrogen) atoms. The molecule has 0 amide bonds. The van der Waals surface area contributed by atoms with Gasteiger partial charge in [-0.3, -0.25) is 4.79 Å². The second-order valence-corrected chi connectivity index (χ2v) is 4.29. The topological polar surface area (TPSA) is 46.5 Å². The Balaban J connectivity index is 2.43. The molecule has 1 aliphatic rings. The molecule has 0 aromatic heterocycles. The third-order valence-electron chi connectivity index (χ3n) is 3.17. The Bertz CT molecular complexity index is 467. The number of carbonyl (C=O) groups is 1. The zero-order chi connectivity index (χ0) is 12.6. The quantitative estimate of drug-likeness (QED) is 0.882. The molecule has 0 heterocycles. The molecule has 1 N–H and O–H groups in total. The molecule has 0 aliphatic heterocycles. The predicted molar refractivity (Wildman–Crippen MR) is 56.1 cm³/mol. The smallest absolute Gasteiger partial charge is 0.304 e. The van der Waals surface area contributed by atoms with Gasteiger partial charge in [-0.05, 0) is 24.5 Å². The first-order valence-corrected chi connectivity index (χ1v) is 5.24. The molecule has 1 aliphatic carbocycles. The Labute approximate surface area is 97.0 Å². The molecule has 5 heteroatoms. The van der Waals surface area contributed by atoms with E-state index in [1.54, 1.807) is 0 Å². The summed E-state index contributed by atoms with van der Waals surface area (Å²) in [5, 5.41) is 8.79. The summed E-state index contributed by atoms with van der Waals surface area (Å²) in [5.41, 5.74) is -0.449. The Morgan fingerprint density at radius 3 is 2.59 bits per heavy atom. The summed E-state index contributed by atoms with van der Waals surface area (Å²) in [5.74, 6) is -2.99. The maximum atomic E-state index is 14.0. The van der Waals surface area contributed by atoms with Crippen LogP contribution in [0.1, 0.15) is 24.8 Å². The maximum Gasteiger partial charge on any atom is 0.304 e. The minimum absolute atomic E-state index is 0.140. The number of carboxylic acid groups (broad SMARTS) is 1. The molecule has 92 valence electrons. The average Bonchev–Trinajstić information content (AvgIpc) is 2.98. The summed E-state index contributed by atoms with van der Waals surface area (Å²) in [6.07, 6.45) is 1.06. The van der Waals surface area contributed by atoms with Gasteiger partial charge in [-0.15, -0.1) is 0 Å². The maximum absolute atomic E-state index is 14.0. The number of halogens is 2. The van der Waals surface area contributed by atoms with Crippen LogP contribution in [0.3, 0.4) is 0 Å². The predicted octanol–water partition coefficient (Wildman–Crippen LogP) is 2.48. The lowest BCUT2D eigenvalue weighted by atomic mass is 9.91. The van der Waals surface area contributed by atoms with E-state index in [0.29, 0.717) is 12.8 Å². The lowest BCUT2D eigenvalue weighted by Crippen LogP contribution is -2.15. The fourth-order valence-corrected chi connectivity index (χ4v) is 2.11. The number of aliphatic carboxylic acids is 1. The number of ether oxygens (including phenoxy) is 1. The summed E-state index contributed by atoms with van der Waals surface area (Å²) in [4.78, 5) is 10.7. The monoisotopic (exact) mass is 242 g/mol. The minimum atomic E-state index is -0.981. The number of methoxy groups -OCH3 is 1. The Hall–Kier alpha value is -1.65. The van der Waals surface area contributed by atoms with Crippen LogP contribution in [0.4, 0.5) is 8.78 Å². The lowest BCUT2D eigenvalue weighted by molar-refractivity contribution is -0.137. The number of benzene rings is 1. The third-order valence-corrected chi connectivity index (χ3v) is 3.17. The van der Waals surface area contributed by atoms with E-state index in [1.165, 1.54) is 13.2 Å². The van der Waals surface area contributed by atoms with Gasteiger partial charge in [0.05, 0.1) is 13.5 Å². The van der Waals surface area contributed by atoms with Crippen molar-refractivity contribution in [1.29, 1.82) is 0 Å². The molecule has 3 nitrogen and oxygen atoms in total. The fourth-order valence-electron chi connectivity index (χ4n) is 2.11. The minimum Gasteiger partial charge on any atom is -0.491 e. The highest BCUT2D eigenvalue weighted by Crippen LogP contribution is 2.52. The van der Waals surface area contributed by atoms with E-state index < -0.39 is 28.8 Å². The van der Waals surface area contributed by atoms with Crippen molar-refractivity contribution in [2.24, 2.45) is 0 Å². The summed E-state index contributed by atoms with van der Waals surface area (Å²) in [6, 6.07) is 2.42. The lowest BCUT2D eigenvalue weighted by Gasteiger charge is -2.16. The first-order valence-electron chi connectivity index (χ1n) is 5.24. The highest BCUT2D eigenvalue weighted by molar-refractivity contribution is 5.70. The Kier molecular flexibility index (Phi) is 2.77. The number of hydrogen-bond acceptors (Lipinski definition) is 2. The SMILES string of the molecule is COc1c(F)ccc(C2(CC(=O)O)CC2)c1F. The number of hydrogen-bond donors (Lipinski definition) is 1. The van der Waals surface area contributed by atoms with Crippen LogP contribution >= 0.6 is 0 Å². The molecule has 0 atom stereocenters. The molecular weight excluding hydrogens is 230 g/mol. The molecular formula is C12H12F2O3. The van der Waals surface area contributed by atoms with Crippen molar-refractivity contribution in [3.05, 3.63) is 29.3 Å². The first kappa shape index (κ1) is 11.8. The summed E-state index contributed by atoms with van der Waals surface area (Å²) < 4.78 is 31.8. The molecule has 1 fully saturated rings. The van der Waals surface area contributed by atoms with Crippen LogP contribution in [-0.2, 0) is 10.2 Å². The normalized spacial score (nSPS) is 16.6. The third kappa shape index (κ3) is 1.97. The van der Waals surface area contributed by atoms with Crippen molar-refractivity contribution in [2.75, 3.05) is 7.11 Å². The van der Waals surface area contributed by atoms with Gasteiger partial charge in [0.15, 0.2) is 17.4 Å². The molecule has 0 saturated heterocycles. The van der Waals surface area contributed by atoms with E-state index >= 15 is 0 Å². The summed E-state index contributed by atoms with van der Waals surface area (Å²) in [7, 11) is 1.18. The van der Waals surface area contributed by atoms with E-state index in [2.05, 4.69) is 4.74 Å². The van der Waals surface area contributed by atoms with Gasteiger partial charge in [0.25, 0.3) is 0 Å². The first-order chi connectivity index (χ1) is 8.00. The van der Waals surface area contributed by atoms with Crippen molar-refractivity contribution in [2.45, 2.75) is 24.7 Å². The van der Waals surface area contributed by atoms with Gasteiger partial charge in [-0.2, -0.15) is 0 Å². The number of rotatable bonds is 4. The second kappa shape index (κ2) is 3.98. The molecule has 1 saturated carbocycles. The molecule has 0 spiro atoms. The summed E-state index contributed by atoms with van der Waals surface area (Å²) >= 11 is 0. The molecule has 1 aromatic rings. The van der Waals surface area contributed by atoms with Crippen molar-refractivity contribution < 1.29 is 23.4 Å². The van der Waals surface area contributed by atoms with Gasteiger partial charge in [0.1, 0.15) is 0 Å². The van der Waals surface area contributed by atoms with Crippen LogP contribution < -0.4 is 4.74 Å².